The molecule has 1 aliphatic heterocycles. The molecule has 1 aliphatic carbocycles. The second-order valence-corrected chi connectivity index (χ2v) is 8.76. The molecule has 3 heterocycles. The minimum absolute atomic E-state index is 0.126. The van der Waals surface area contributed by atoms with Gasteiger partial charge < -0.3 is 15.8 Å². The summed E-state index contributed by atoms with van der Waals surface area (Å²) in [5.41, 5.74) is 9.74. The molecular formula is C20H27BrN6O. The molecule has 2 fully saturated rings. The van der Waals surface area contributed by atoms with Crippen LogP contribution in [0.4, 0.5) is 11.5 Å². The average Bonchev–Trinajstić information content (AvgIpc) is 3.43. The van der Waals surface area contributed by atoms with Gasteiger partial charge in [-0.15, -0.1) is 0 Å². The van der Waals surface area contributed by atoms with E-state index in [0.717, 1.165) is 60.3 Å². The Labute approximate surface area is 173 Å². The zero-order valence-corrected chi connectivity index (χ0v) is 17.9. The number of nitrogens with zero attached hydrogens (tertiary/aromatic N) is 3. The van der Waals surface area contributed by atoms with Gasteiger partial charge >= 0.3 is 0 Å². The van der Waals surface area contributed by atoms with Gasteiger partial charge in [-0.05, 0) is 67.9 Å². The summed E-state index contributed by atoms with van der Waals surface area (Å²) in [7, 11) is 0. The lowest BCUT2D eigenvalue weighted by atomic mass is 10.0. The molecule has 0 bridgehead atoms. The quantitative estimate of drug-likeness (QED) is 0.569. The molecule has 28 heavy (non-hydrogen) atoms. The lowest BCUT2D eigenvalue weighted by molar-refractivity contribution is -0.0399. The van der Waals surface area contributed by atoms with Crippen LogP contribution in [-0.4, -0.2) is 33.1 Å². The van der Waals surface area contributed by atoms with Crippen LogP contribution in [0, 0.1) is 5.41 Å². The van der Waals surface area contributed by atoms with E-state index in [9.17, 15) is 0 Å². The zero-order valence-electron chi connectivity index (χ0n) is 16.3. The van der Waals surface area contributed by atoms with Crippen LogP contribution in [-0.2, 0) is 4.74 Å². The molecule has 4 N–H and O–H groups in total. The summed E-state index contributed by atoms with van der Waals surface area (Å²) in [5, 5.41) is 17.3. The Hall–Kier alpha value is -1.93. The molecule has 1 unspecified atom stereocenters. The highest BCUT2D eigenvalue weighted by molar-refractivity contribution is 9.10. The average molecular weight is 447 g/mol. The minimum atomic E-state index is -0.126. The summed E-state index contributed by atoms with van der Waals surface area (Å²) < 4.78 is 8.67. The molecule has 0 amide bonds. The number of nitrogens with one attached hydrogen (secondary N) is 2. The number of anilines is 2. The van der Waals surface area contributed by atoms with Crippen LogP contribution in [0.3, 0.4) is 0 Å². The third-order valence-corrected chi connectivity index (χ3v) is 5.78. The molecule has 7 nitrogen and oxygen atoms in total. The molecule has 1 saturated heterocycles. The Balaban J connectivity index is 1.79. The number of ether oxygens (including phenoxy) is 1. The maximum atomic E-state index is 9.03. The fourth-order valence-corrected chi connectivity index (χ4v) is 4.04. The lowest BCUT2D eigenvalue weighted by Gasteiger charge is -2.25. The van der Waals surface area contributed by atoms with Gasteiger partial charge in [0.2, 0.25) is 0 Å². The molecular weight excluding hydrogens is 420 g/mol. The lowest BCUT2D eigenvalue weighted by Crippen LogP contribution is -2.24. The second-order valence-electron chi connectivity index (χ2n) is 7.91. The Morgan fingerprint density at radius 2 is 2.14 bits per heavy atom. The van der Waals surface area contributed by atoms with Gasteiger partial charge in [0.05, 0.1) is 32.8 Å². The summed E-state index contributed by atoms with van der Waals surface area (Å²) in [6, 6.07) is 2.23. The first kappa shape index (κ1) is 19.4. The van der Waals surface area contributed by atoms with Crippen LogP contribution in [0.1, 0.15) is 75.0 Å². The predicted octanol–water partition coefficient (Wildman–Crippen LogP) is 4.44. The Kier molecular flexibility index (Phi) is 5.42. The molecule has 0 radical (unpaired) electrons. The van der Waals surface area contributed by atoms with Crippen molar-refractivity contribution in [1.82, 2.24) is 14.8 Å². The zero-order chi connectivity index (χ0) is 19.8. The van der Waals surface area contributed by atoms with Crippen LogP contribution in [0.2, 0.25) is 0 Å². The molecule has 150 valence electrons. The highest BCUT2D eigenvalue weighted by Crippen LogP contribution is 2.41. The molecule has 1 saturated carbocycles. The van der Waals surface area contributed by atoms with Gasteiger partial charge in [0.25, 0.3) is 0 Å². The van der Waals surface area contributed by atoms with Crippen molar-refractivity contribution >= 4 is 33.1 Å². The van der Waals surface area contributed by atoms with Crippen LogP contribution < -0.4 is 11.1 Å². The first-order valence-corrected chi connectivity index (χ1v) is 10.8. The largest absolute Gasteiger partial charge is 0.383 e. The van der Waals surface area contributed by atoms with Gasteiger partial charge in [0, 0.05) is 24.8 Å². The molecule has 0 spiro atoms. The van der Waals surface area contributed by atoms with Crippen LogP contribution in [0.15, 0.2) is 16.7 Å². The summed E-state index contributed by atoms with van der Waals surface area (Å²) in [6.45, 7) is 4.85. The van der Waals surface area contributed by atoms with Crippen molar-refractivity contribution in [1.29, 1.82) is 5.41 Å². The van der Waals surface area contributed by atoms with Gasteiger partial charge in [-0.3, -0.25) is 5.41 Å². The Bertz CT molecular complexity index is 883. The topological polar surface area (TPSA) is 102 Å². The van der Waals surface area contributed by atoms with Gasteiger partial charge in [-0.25, -0.2) is 9.67 Å². The third kappa shape index (κ3) is 3.80. The maximum absolute atomic E-state index is 9.03. The number of halogens is 1. The van der Waals surface area contributed by atoms with E-state index in [2.05, 4.69) is 40.1 Å². The van der Waals surface area contributed by atoms with Crippen molar-refractivity contribution in [3.8, 4) is 0 Å². The van der Waals surface area contributed by atoms with Crippen molar-refractivity contribution in [3.05, 3.63) is 33.7 Å². The van der Waals surface area contributed by atoms with E-state index in [1.807, 2.05) is 10.7 Å². The van der Waals surface area contributed by atoms with Gasteiger partial charge in [-0.1, -0.05) is 0 Å². The second kappa shape index (κ2) is 7.83. The monoisotopic (exact) mass is 446 g/mol. The van der Waals surface area contributed by atoms with Crippen LogP contribution in [0.5, 0.6) is 0 Å². The summed E-state index contributed by atoms with van der Waals surface area (Å²) in [4.78, 5) is 4.28. The van der Waals surface area contributed by atoms with E-state index in [4.69, 9.17) is 21.0 Å². The number of nitrogens with two attached hydrogens (primary N) is 1. The van der Waals surface area contributed by atoms with Crippen molar-refractivity contribution in [2.75, 3.05) is 17.7 Å². The van der Waals surface area contributed by atoms with Gasteiger partial charge in [-0.2, -0.15) is 5.10 Å². The number of hydrogen-bond donors (Lipinski definition) is 3. The minimum Gasteiger partial charge on any atom is -0.383 e. The molecule has 2 aromatic heterocycles. The van der Waals surface area contributed by atoms with E-state index in [0.29, 0.717) is 23.0 Å². The van der Waals surface area contributed by atoms with E-state index in [1.165, 1.54) is 0 Å². The van der Waals surface area contributed by atoms with E-state index >= 15 is 0 Å². The van der Waals surface area contributed by atoms with Crippen molar-refractivity contribution in [2.45, 2.75) is 64.1 Å². The molecule has 2 aromatic rings. The molecule has 8 heteroatoms. The predicted molar refractivity (Wildman–Crippen MR) is 114 cm³/mol. The fourth-order valence-electron chi connectivity index (χ4n) is 3.63. The smallest absolute Gasteiger partial charge is 0.150 e. The number of aromatic nitrogens is 3. The standard InChI is InChI=1S/C20H27BrN6O/c1-11(2)25-19-13(21)10-24-20(23)17(19)18(22)15-9-14(12-6-7-12)26-27(15)16-5-3-4-8-28-16/h9-12,16,22H,3-8H2,1-2H3,(H3,23,24,25). The molecule has 4 rings (SSSR count). The Morgan fingerprint density at radius 3 is 2.79 bits per heavy atom. The van der Waals surface area contributed by atoms with Gasteiger partial charge in [0.1, 0.15) is 5.82 Å². The summed E-state index contributed by atoms with van der Waals surface area (Å²) in [6.07, 6.45) is 6.97. The van der Waals surface area contributed by atoms with Crippen molar-refractivity contribution in [2.24, 2.45) is 0 Å². The van der Waals surface area contributed by atoms with Crippen LogP contribution in [0.25, 0.3) is 0 Å². The van der Waals surface area contributed by atoms with E-state index < -0.39 is 0 Å². The van der Waals surface area contributed by atoms with Crippen molar-refractivity contribution in [3.63, 3.8) is 0 Å². The normalized spacial score (nSPS) is 19.8. The number of pyridine rings is 1. The Morgan fingerprint density at radius 1 is 1.36 bits per heavy atom. The third-order valence-electron chi connectivity index (χ3n) is 5.18. The SMILES string of the molecule is CC(C)Nc1c(Br)cnc(N)c1C(=N)c1cc(C2CC2)nn1C1CCCCO1. The van der Waals surface area contributed by atoms with Crippen molar-refractivity contribution < 1.29 is 4.74 Å². The summed E-state index contributed by atoms with van der Waals surface area (Å²) >= 11 is 3.56. The maximum Gasteiger partial charge on any atom is 0.150 e. The fraction of sp³-hybridized carbons (Fsp3) is 0.550. The summed E-state index contributed by atoms with van der Waals surface area (Å²) in [5.74, 6) is 0.837. The molecule has 2 aliphatic rings. The van der Waals surface area contributed by atoms with E-state index in [1.54, 1.807) is 6.20 Å². The number of hydrogen-bond acceptors (Lipinski definition) is 6. The van der Waals surface area contributed by atoms with Gasteiger partial charge in [0.15, 0.2) is 6.23 Å². The first-order chi connectivity index (χ1) is 13.5. The number of nitrogen functional groups attached to an aromatic ring is 1. The number of rotatable bonds is 6. The van der Waals surface area contributed by atoms with E-state index in [-0.39, 0.29) is 12.3 Å². The van der Waals surface area contributed by atoms with Crippen LogP contribution >= 0.6 is 15.9 Å². The first-order valence-electron chi connectivity index (χ1n) is 9.96. The molecule has 0 aromatic carbocycles. The highest BCUT2D eigenvalue weighted by Gasteiger charge is 2.31. The highest BCUT2D eigenvalue weighted by atomic mass is 79.9. The molecule has 1 atom stereocenters.